The number of nitrogens with one attached hydrogen (secondary N) is 2. The number of anilines is 1. The first-order valence-corrected chi connectivity index (χ1v) is 9.50. The van der Waals surface area contributed by atoms with Crippen molar-refractivity contribution in [3.05, 3.63) is 108 Å². The summed E-state index contributed by atoms with van der Waals surface area (Å²) in [6, 6.07) is 15.0. The molecular weight excluding hydrogens is 399 g/mol. The standard InChI is InChI=1S/C23H19FN4O3/c1-28-13-12-25-21(28)20(15-4-8-17(24)9-5-15)27-22(29)16-6-10-18(11-7-16)26-23(30)19-3-2-14-31-19/h2-14,20H,1H3,(H,26,30)(H,27,29). The third-order valence-electron chi connectivity index (χ3n) is 4.75. The van der Waals surface area contributed by atoms with E-state index in [9.17, 15) is 14.0 Å². The summed E-state index contributed by atoms with van der Waals surface area (Å²) in [4.78, 5) is 29.3. The van der Waals surface area contributed by atoms with Gasteiger partial charge in [-0.05, 0) is 54.1 Å². The molecule has 4 rings (SSSR count). The lowest BCUT2D eigenvalue weighted by Crippen LogP contribution is -2.31. The Hall–Kier alpha value is -4.20. The zero-order valence-electron chi connectivity index (χ0n) is 16.6. The molecule has 1 unspecified atom stereocenters. The van der Waals surface area contributed by atoms with E-state index in [1.165, 1.54) is 18.4 Å². The van der Waals surface area contributed by atoms with Gasteiger partial charge in [0.1, 0.15) is 17.7 Å². The molecule has 2 aromatic heterocycles. The number of carbonyl (C=O) groups excluding carboxylic acids is 2. The zero-order valence-corrected chi connectivity index (χ0v) is 16.6. The number of aromatic nitrogens is 2. The first-order valence-electron chi connectivity index (χ1n) is 9.50. The van der Waals surface area contributed by atoms with Gasteiger partial charge in [-0.15, -0.1) is 0 Å². The Balaban J connectivity index is 1.51. The summed E-state index contributed by atoms with van der Waals surface area (Å²) in [6.45, 7) is 0. The minimum Gasteiger partial charge on any atom is -0.459 e. The van der Waals surface area contributed by atoms with E-state index in [0.29, 0.717) is 22.6 Å². The van der Waals surface area contributed by atoms with Gasteiger partial charge in [0.15, 0.2) is 5.76 Å². The molecule has 0 saturated heterocycles. The molecule has 4 aromatic rings. The summed E-state index contributed by atoms with van der Waals surface area (Å²) in [7, 11) is 1.82. The van der Waals surface area contributed by atoms with Crippen LogP contribution in [0.2, 0.25) is 0 Å². The van der Waals surface area contributed by atoms with E-state index in [1.807, 2.05) is 7.05 Å². The number of amides is 2. The number of rotatable bonds is 6. The fraction of sp³-hybridized carbons (Fsp3) is 0.0870. The Morgan fingerprint density at radius 3 is 2.39 bits per heavy atom. The van der Waals surface area contributed by atoms with E-state index >= 15 is 0 Å². The third-order valence-corrected chi connectivity index (χ3v) is 4.75. The molecule has 31 heavy (non-hydrogen) atoms. The second kappa shape index (κ2) is 8.66. The van der Waals surface area contributed by atoms with Crippen LogP contribution in [0.1, 0.15) is 38.3 Å². The van der Waals surface area contributed by atoms with Crippen molar-refractivity contribution >= 4 is 17.5 Å². The molecule has 0 aliphatic rings. The Labute approximate surface area is 177 Å². The largest absolute Gasteiger partial charge is 0.459 e. The van der Waals surface area contributed by atoms with Crippen LogP contribution in [0.15, 0.2) is 83.7 Å². The average molecular weight is 418 g/mol. The molecule has 2 aromatic carbocycles. The molecule has 0 radical (unpaired) electrons. The van der Waals surface area contributed by atoms with Crippen LogP contribution in [0.3, 0.4) is 0 Å². The van der Waals surface area contributed by atoms with Gasteiger partial charge in [-0.3, -0.25) is 9.59 Å². The molecule has 2 N–H and O–H groups in total. The number of halogens is 1. The van der Waals surface area contributed by atoms with Gasteiger partial charge in [0.25, 0.3) is 11.8 Å². The van der Waals surface area contributed by atoms with Crippen LogP contribution in [0.25, 0.3) is 0 Å². The highest BCUT2D eigenvalue weighted by Crippen LogP contribution is 2.22. The maximum absolute atomic E-state index is 13.4. The van der Waals surface area contributed by atoms with Crippen LogP contribution in [-0.4, -0.2) is 21.4 Å². The van der Waals surface area contributed by atoms with Gasteiger partial charge in [0.2, 0.25) is 0 Å². The summed E-state index contributed by atoms with van der Waals surface area (Å²) in [5.41, 5.74) is 1.63. The van der Waals surface area contributed by atoms with Crippen molar-refractivity contribution in [3.63, 3.8) is 0 Å². The fourth-order valence-corrected chi connectivity index (χ4v) is 3.13. The third kappa shape index (κ3) is 4.53. The van der Waals surface area contributed by atoms with Crippen LogP contribution in [-0.2, 0) is 7.05 Å². The number of nitrogens with zero attached hydrogens (tertiary/aromatic N) is 2. The maximum Gasteiger partial charge on any atom is 0.291 e. The molecular formula is C23H19FN4O3. The van der Waals surface area contributed by atoms with Crippen LogP contribution in [0.4, 0.5) is 10.1 Å². The minimum atomic E-state index is -0.563. The van der Waals surface area contributed by atoms with Crippen molar-refractivity contribution in [3.8, 4) is 0 Å². The Kier molecular flexibility index (Phi) is 5.61. The average Bonchev–Trinajstić information content (AvgIpc) is 3.45. The first kappa shape index (κ1) is 20.1. The van der Waals surface area contributed by atoms with E-state index < -0.39 is 6.04 Å². The lowest BCUT2D eigenvalue weighted by molar-refractivity contribution is 0.0940. The summed E-state index contributed by atoms with van der Waals surface area (Å²) in [5, 5.41) is 5.65. The molecule has 156 valence electrons. The van der Waals surface area contributed by atoms with Crippen molar-refractivity contribution in [1.82, 2.24) is 14.9 Å². The molecule has 0 aliphatic heterocycles. The van der Waals surface area contributed by atoms with Gasteiger partial charge in [-0.25, -0.2) is 9.37 Å². The Morgan fingerprint density at radius 1 is 1.03 bits per heavy atom. The van der Waals surface area contributed by atoms with E-state index in [4.69, 9.17) is 4.42 Å². The molecule has 1 atom stereocenters. The van der Waals surface area contributed by atoms with Crippen molar-refractivity contribution in [2.75, 3.05) is 5.32 Å². The normalized spacial score (nSPS) is 11.7. The van der Waals surface area contributed by atoms with Crippen molar-refractivity contribution in [1.29, 1.82) is 0 Å². The van der Waals surface area contributed by atoms with E-state index in [1.54, 1.807) is 65.5 Å². The van der Waals surface area contributed by atoms with E-state index in [0.717, 1.165) is 0 Å². The molecule has 2 heterocycles. The highest BCUT2D eigenvalue weighted by molar-refractivity contribution is 6.02. The minimum absolute atomic E-state index is 0.194. The molecule has 0 aliphatic carbocycles. The van der Waals surface area contributed by atoms with E-state index in [-0.39, 0.29) is 23.4 Å². The number of carbonyl (C=O) groups is 2. The van der Waals surface area contributed by atoms with Gasteiger partial charge in [-0.1, -0.05) is 12.1 Å². The topological polar surface area (TPSA) is 89.2 Å². The quantitative estimate of drug-likeness (QED) is 0.497. The summed E-state index contributed by atoms with van der Waals surface area (Å²) >= 11 is 0. The summed E-state index contributed by atoms with van der Waals surface area (Å²) < 4.78 is 20.2. The monoisotopic (exact) mass is 418 g/mol. The summed E-state index contributed by atoms with van der Waals surface area (Å²) in [6.07, 6.45) is 4.82. The van der Waals surface area contributed by atoms with Crippen molar-refractivity contribution in [2.24, 2.45) is 7.05 Å². The van der Waals surface area contributed by atoms with Gasteiger partial charge in [0, 0.05) is 30.7 Å². The SMILES string of the molecule is Cn1ccnc1C(NC(=O)c1ccc(NC(=O)c2ccco2)cc1)c1ccc(F)cc1. The first-order chi connectivity index (χ1) is 15.0. The molecule has 8 heteroatoms. The highest BCUT2D eigenvalue weighted by atomic mass is 19.1. The number of aryl methyl sites for hydroxylation is 1. The van der Waals surface area contributed by atoms with E-state index in [2.05, 4.69) is 15.6 Å². The number of imidazole rings is 1. The highest BCUT2D eigenvalue weighted by Gasteiger charge is 2.21. The molecule has 7 nitrogen and oxygen atoms in total. The van der Waals surface area contributed by atoms with Gasteiger partial charge < -0.3 is 19.6 Å². The Bertz CT molecular complexity index is 1180. The van der Waals surface area contributed by atoms with Crippen molar-refractivity contribution < 1.29 is 18.4 Å². The molecule has 0 spiro atoms. The second-order valence-electron chi connectivity index (χ2n) is 6.86. The molecule has 0 saturated carbocycles. The van der Waals surface area contributed by atoms with Crippen LogP contribution >= 0.6 is 0 Å². The van der Waals surface area contributed by atoms with Gasteiger partial charge in [0.05, 0.1) is 6.26 Å². The fourth-order valence-electron chi connectivity index (χ4n) is 3.13. The van der Waals surface area contributed by atoms with Crippen molar-refractivity contribution in [2.45, 2.75) is 6.04 Å². The van der Waals surface area contributed by atoms with Gasteiger partial charge in [-0.2, -0.15) is 0 Å². The molecule has 0 fully saturated rings. The van der Waals surface area contributed by atoms with Gasteiger partial charge >= 0.3 is 0 Å². The summed E-state index contributed by atoms with van der Waals surface area (Å²) in [5.74, 6) is -0.267. The number of hydrogen-bond donors (Lipinski definition) is 2. The zero-order chi connectivity index (χ0) is 21.8. The van der Waals surface area contributed by atoms with Crippen LogP contribution in [0.5, 0.6) is 0 Å². The maximum atomic E-state index is 13.4. The lowest BCUT2D eigenvalue weighted by Gasteiger charge is -2.19. The van der Waals surface area contributed by atoms with Crippen LogP contribution < -0.4 is 10.6 Å². The predicted molar refractivity (Wildman–Crippen MR) is 112 cm³/mol. The number of benzene rings is 2. The Morgan fingerprint density at radius 2 is 1.77 bits per heavy atom. The molecule has 2 amide bonds. The number of hydrogen-bond acceptors (Lipinski definition) is 4. The predicted octanol–water partition coefficient (Wildman–Crippen LogP) is 3.92. The lowest BCUT2D eigenvalue weighted by atomic mass is 10.0. The smallest absolute Gasteiger partial charge is 0.291 e. The second-order valence-corrected chi connectivity index (χ2v) is 6.86. The molecule has 0 bridgehead atoms. The van der Waals surface area contributed by atoms with Crippen LogP contribution in [0, 0.1) is 5.82 Å². The number of furan rings is 1.